The van der Waals surface area contributed by atoms with Gasteiger partial charge in [0.05, 0.1) is 12.2 Å². The number of rotatable bonds is 5. The summed E-state index contributed by atoms with van der Waals surface area (Å²) >= 11 is 0. The average Bonchev–Trinajstić information content (AvgIpc) is 2.54. The molecule has 0 aliphatic rings. The first-order valence-electron chi connectivity index (χ1n) is 8.11. The maximum atomic E-state index is 12.2. The molecule has 0 fully saturated rings. The van der Waals surface area contributed by atoms with E-state index in [0.29, 0.717) is 12.5 Å². The van der Waals surface area contributed by atoms with Crippen LogP contribution in [-0.4, -0.2) is 44.2 Å². The van der Waals surface area contributed by atoms with Crippen molar-refractivity contribution in [3.63, 3.8) is 0 Å². The van der Waals surface area contributed by atoms with E-state index in [2.05, 4.69) is 20.6 Å². The average molecular weight is 342 g/mol. The summed E-state index contributed by atoms with van der Waals surface area (Å²) in [6, 6.07) is 7.44. The molecule has 2 rings (SSSR count). The molecule has 0 aliphatic carbocycles. The summed E-state index contributed by atoms with van der Waals surface area (Å²) in [5, 5.41) is 5.74. The number of nitrogens with one attached hydrogen (secondary N) is 2. The van der Waals surface area contributed by atoms with Gasteiger partial charge in [-0.2, -0.15) is 0 Å². The number of carbonyl (C=O) groups is 1. The molecule has 0 unspecified atom stereocenters. The Morgan fingerprint density at radius 3 is 2.44 bits per heavy atom. The Morgan fingerprint density at radius 1 is 1.08 bits per heavy atom. The van der Waals surface area contributed by atoms with Crippen LogP contribution in [0, 0.1) is 13.8 Å². The molecular formula is C18H26N6O. The molecule has 25 heavy (non-hydrogen) atoms. The van der Waals surface area contributed by atoms with E-state index >= 15 is 0 Å². The first-order valence-corrected chi connectivity index (χ1v) is 8.11. The lowest BCUT2D eigenvalue weighted by atomic mass is 10.1. The topological polar surface area (TPSA) is 73.4 Å². The highest BCUT2D eigenvalue weighted by atomic mass is 16.2. The number of hydrogen-bond donors (Lipinski definition) is 2. The SMILES string of the molecule is Cc1cc(CNC(=O)Nc2cccc(N(C)C)c2C)nc(N(C)C)n1. The van der Waals surface area contributed by atoms with Crippen LogP contribution < -0.4 is 20.4 Å². The second kappa shape index (κ2) is 7.83. The molecule has 2 N–H and O–H groups in total. The minimum atomic E-state index is -0.262. The molecule has 0 atom stereocenters. The highest BCUT2D eigenvalue weighted by Crippen LogP contribution is 2.25. The van der Waals surface area contributed by atoms with Gasteiger partial charge in [-0.25, -0.2) is 14.8 Å². The van der Waals surface area contributed by atoms with E-state index in [4.69, 9.17) is 0 Å². The highest BCUT2D eigenvalue weighted by Gasteiger charge is 2.10. The first-order chi connectivity index (χ1) is 11.8. The minimum Gasteiger partial charge on any atom is -0.377 e. The van der Waals surface area contributed by atoms with Crippen LogP contribution in [0.1, 0.15) is 17.0 Å². The van der Waals surface area contributed by atoms with Crippen molar-refractivity contribution >= 4 is 23.4 Å². The molecule has 0 bridgehead atoms. The standard InChI is InChI=1S/C18H26N6O/c1-12-10-14(21-17(20-12)24(5)6)11-19-18(25)22-15-8-7-9-16(13(15)2)23(3)4/h7-10H,11H2,1-6H3,(H2,19,22,25). The predicted molar refractivity (Wildman–Crippen MR) is 102 cm³/mol. The summed E-state index contributed by atoms with van der Waals surface area (Å²) in [5.74, 6) is 0.631. The Hall–Kier alpha value is -2.83. The van der Waals surface area contributed by atoms with Gasteiger partial charge in [-0.1, -0.05) is 6.07 Å². The summed E-state index contributed by atoms with van der Waals surface area (Å²) in [6.07, 6.45) is 0. The Labute approximate surface area is 149 Å². The Balaban J connectivity index is 2.03. The normalized spacial score (nSPS) is 10.3. The third kappa shape index (κ3) is 4.82. The van der Waals surface area contributed by atoms with Crippen LogP contribution in [0.5, 0.6) is 0 Å². The van der Waals surface area contributed by atoms with Crippen molar-refractivity contribution in [1.29, 1.82) is 0 Å². The van der Waals surface area contributed by atoms with Gasteiger partial charge < -0.3 is 20.4 Å². The van der Waals surface area contributed by atoms with Gasteiger partial charge in [0.25, 0.3) is 0 Å². The van der Waals surface area contributed by atoms with Crippen LogP contribution in [0.2, 0.25) is 0 Å². The smallest absolute Gasteiger partial charge is 0.319 e. The van der Waals surface area contributed by atoms with E-state index in [1.165, 1.54) is 0 Å². The first kappa shape index (κ1) is 18.5. The molecule has 2 amide bonds. The molecule has 1 heterocycles. The van der Waals surface area contributed by atoms with Crippen molar-refractivity contribution < 1.29 is 4.79 Å². The second-order valence-corrected chi connectivity index (χ2v) is 6.35. The van der Waals surface area contributed by atoms with Gasteiger partial charge >= 0.3 is 6.03 Å². The zero-order valence-electron chi connectivity index (χ0n) is 15.7. The molecule has 0 spiro atoms. The van der Waals surface area contributed by atoms with Crippen LogP contribution in [0.25, 0.3) is 0 Å². The zero-order valence-corrected chi connectivity index (χ0v) is 15.7. The third-order valence-electron chi connectivity index (χ3n) is 3.76. The van der Waals surface area contributed by atoms with E-state index < -0.39 is 0 Å². The summed E-state index contributed by atoms with van der Waals surface area (Å²) in [4.78, 5) is 24.9. The van der Waals surface area contributed by atoms with Gasteiger partial charge in [0.1, 0.15) is 0 Å². The molecule has 7 nitrogen and oxygen atoms in total. The van der Waals surface area contributed by atoms with Crippen molar-refractivity contribution in [2.75, 3.05) is 43.3 Å². The Bertz CT molecular complexity index is 757. The quantitative estimate of drug-likeness (QED) is 0.873. The van der Waals surface area contributed by atoms with Gasteiger partial charge in [0.2, 0.25) is 5.95 Å². The lowest BCUT2D eigenvalue weighted by Crippen LogP contribution is -2.29. The number of aromatic nitrogens is 2. The second-order valence-electron chi connectivity index (χ2n) is 6.35. The number of anilines is 3. The maximum Gasteiger partial charge on any atom is 0.319 e. The lowest BCUT2D eigenvalue weighted by molar-refractivity contribution is 0.251. The molecule has 0 saturated heterocycles. The molecule has 0 aliphatic heterocycles. The highest BCUT2D eigenvalue weighted by molar-refractivity contribution is 5.91. The number of aryl methyl sites for hydroxylation is 1. The van der Waals surface area contributed by atoms with E-state index in [9.17, 15) is 4.79 Å². The Kier molecular flexibility index (Phi) is 5.80. The van der Waals surface area contributed by atoms with Gasteiger partial charge in [0.15, 0.2) is 0 Å². The molecule has 1 aromatic heterocycles. The number of benzene rings is 1. The zero-order chi connectivity index (χ0) is 18.6. The number of carbonyl (C=O) groups excluding carboxylic acids is 1. The van der Waals surface area contributed by atoms with Crippen LogP contribution in [0.4, 0.5) is 22.1 Å². The van der Waals surface area contributed by atoms with Gasteiger partial charge in [0, 0.05) is 45.3 Å². The molecule has 134 valence electrons. The summed E-state index contributed by atoms with van der Waals surface area (Å²) in [7, 11) is 7.73. The summed E-state index contributed by atoms with van der Waals surface area (Å²) in [5.41, 5.74) is 4.52. The van der Waals surface area contributed by atoms with Crippen molar-refractivity contribution in [2.24, 2.45) is 0 Å². The van der Waals surface area contributed by atoms with E-state index in [-0.39, 0.29) is 6.03 Å². The predicted octanol–water partition coefficient (Wildman–Crippen LogP) is 2.55. The van der Waals surface area contributed by atoms with Crippen LogP contribution in [0.15, 0.2) is 24.3 Å². The van der Waals surface area contributed by atoms with Gasteiger partial charge in [-0.3, -0.25) is 0 Å². The van der Waals surface area contributed by atoms with Gasteiger partial charge in [-0.15, -0.1) is 0 Å². The molecule has 7 heteroatoms. The molecule has 0 saturated carbocycles. The van der Waals surface area contributed by atoms with Crippen molar-refractivity contribution in [1.82, 2.24) is 15.3 Å². The largest absolute Gasteiger partial charge is 0.377 e. The van der Waals surface area contributed by atoms with E-state index in [1.54, 1.807) is 0 Å². The fourth-order valence-corrected chi connectivity index (χ4v) is 2.49. The van der Waals surface area contributed by atoms with Crippen LogP contribution in [-0.2, 0) is 6.54 Å². The van der Waals surface area contributed by atoms with Gasteiger partial charge in [-0.05, 0) is 37.6 Å². The maximum absolute atomic E-state index is 12.2. The summed E-state index contributed by atoms with van der Waals surface area (Å²) in [6.45, 7) is 4.24. The molecular weight excluding hydrogens is 316 g/mol. The van der Waals surface area contributed by atoms with E-state index in [1.807, 2.05) is 76.1 Å². The Morgan fingerprint density at radius 2 is 1.80 bits per heavy atom. The molecule has 1 aromatic carbocycles. The van der Waals surface area contributed by atoms with Crippen LogP contribution in [0.3, 0.4) is 0 Å². The van der Waals surface area contributed by atoms with E-state index in [0.717, 1.165) is 28.3 Å². The number of amides is 2. The third-order valence-corrected chi connectivity index (χ3v) is 3.76. The number of hydrogen-bond acceptors (Lipinski definition) is 5. The monoisotopic (exact) mass is 342 g/mol. The van der Waals surface area contributed by atoms with Crippen molar-refractivity contribution in [3.05, 3.63) is 41.2 Å². The number of nitrogens with zero attached hydrogens (tertiary/aromatic N) is 4. The lowest BCUT2D eigenvalue weighted by Gasteiger charge is -2.18. The molecule has 0 radical (unpaired) electrons. The summed E-state index contributed by atoms with van der Waals surface area (Å²) < 4.78 is 0. The minimum absolute atomic E-state index is 0.262. The van der Waals surface area contributed by atoms with Crippen molar-refractivity contribution in [2.45, 2.75) is 20.4 Å². The fraction of sp³-hybridized carbons (Fsp3) is 0.389. The number of urea groups is 1. The van der Waals surface area contributed by atoms with Crippen LogP contribution >= 0.6 is 0 Å². The van der Waals surface area contributed by atoms with Crippen molar-refractivity contribution in [3.8, 4) is 0 Å². The fourth-order valence-electron chi connectivity index (χ4n) is 2.49. The molecule has 2 aromatic rings.